The van der Waals surface area contributed by atoms with Gasteiger partial charge in [0.05, 0.1) is 10.6 Å². The van der Waals surface area contributed by atoms with Crippen molar-refractivity contribution in [2.75, 3.05) is 11.4 Å². The Morgan fingerprint density at radius 3 is 2.54 bits per heavy atom. The molecule has 0 aliphatic heterocycles. The second-order valence-electron chi connectivity index (χ2n) is 6.02. The van der Waals surface area contributed by atoms with E-state index in [4.69, 9.17) is 11.6 Å². The van der Waals surface area contributed by atoms with E-state index in [0.29, 0.717) is 17.3 Å². The summed E-state index contributed by atoms with van der Waals surface area (Å²) in [6.07, 6.45) is 3.30. The molecule has 0 saturated heterocycles. The molecule has 8 heteroatoms. The first-order valence-electron chi connectivity index (χ1n) is 8.39. The molecule has 1 N–H and O–H groups in total. The van der Waals surface area contributed by atoms with E-state index in [1.165, 1.54) is 19.2 Å². The Hall–Kier alpha value is -2.90. The molecule has 3 rings (SSSR count). The number of halogens is 1. The van der Waals surface area contributed by atoms with E-state index < -0.39 is 10.0 Å². The van der Waals surface area contributed by atoms with E-state index >= 15 is 0 Å². The Balaban J connectivity index is 1.79. The molecule has 0 bridgehead atoms. The summed E-state index contributed by atoms with van der Waals surface area (Å²) >= 11 is 5.86. The predicted molar refractivity (Wildman–Crippen MR) is 109 cm³/mol. The van der Waals surface area contributed by atoms with E-state index in [1.54, 1.807) is 54.9 Å². The first-order chi connectivity index (χ1) is 13.4. The van der Waals surface area contributed by atoms with Gasteiger partial charge in [0.2, 0.25) is 0 Å². The summed E-state index contributed by atoms with van der Waals surface area (Å²) < 4.78 is 27.0. The fourth-order valence-corrected chi connectivity index (χ4v) is 3.90. The lowest BCUT2D eigenvalue weighted by atomic mass is 10.2. The Morgan fingerprint density at radius 2 is 1.86 bits per heavy atom. The van der Waals surface area contributed by atoms with Gasteiger partial charge in [0.15, 0.2) is 0 Å². The number of amides is 1. The van der Waals surface area contributed by atoms with E-state index in [0.717, 1.165) is 9.87 Å². The smallest absolute Gasteiger partial charge is 0.264 e. The minimum absolute atomic E-state index is 0.0268. The molecule has 0 unspecified atom stereocenters. The van der Waals surface area contributed by atoms with Gasteiger partial charge in [-0.2, -0.15) is 0 Å². The number of nitrogens with one attached hydrogen (secondary N) is 1. The molecule has 2 aromatic carbocycles. The topological polar surface area (TPSA) is 79.4 Å². The van der Waals surface area contributed by atoms with Gasteiger partial charge in [0.25, 0.3) is 15.9 Å². The van der Waals surface area contributed by atoms with Crippen LogP contribution in [0, 0.1) is 0 Å². The van der Waals surface area contributed by atoms with E-state index in [-0.39, 0.29) is 16.4 Å². The fraction of sp³-hybridized carbons (Fsp3) is 0.100. The predicted octanol–water partition coefficient (Wildman–Crippen LogP) is 3.49. The van der Waals surface area contributed by atoms with Crippen molar-refractivity contribution in [1.82, 2.24) is 10.3 Å². The van der Waals surface area contributed by atoms with Crippen LogP contribution in [-0.4, -0.2) is 26.4 Å². The first kappa shape index (κ1) is 19.9. The highest BCUT2D eigenvalue weighted by Gasteiger charge is 2.22. The molecule has 28 heavy (non-hydrogen) atoms. The van der Waals surface area contributed by atoms with Crippen LogP contribution in [0.1, 0.15) is 15.9 Å². The molecular formula is C20H18ClN3O3S. The van der Waals surface area contributed by atoms with Crippen LogP contribution < -0.4 is 9.62 Å². The lowest BCUT2D eigenvalue weighted by molar-refractivity contribution is 0.0950. The van der Waals surface area contributed by atoms with Crippen LogP contribution in [-0.2, 0) is 16.6 Å². The quantitative estimate of drug-likeness (QED) is 0.668. The molecule has 0 saturated carbocycles. The lowest BCUT2D eigenvalue weighted by Crippen LogP contribution is -2.27. The number of nitrogens with zero attached hydrogens (tertiary/aromatic N) is 2. The molecule has 1 heterocycles. The second kappa shape index (κ2) is 8.41. The van der Waals surface area contributed by atoms with Gasteiger partial charge in [-0.15, -0.1) is 0 Å². The van der Waals surface area contributed by atoms with Crippen molar-refractivity contribution in [2.45, 2.75) is 11.4 Å². The number of aromatic nitrogens is 1. The molecule has 1 amide bonds. The maximum absolute atomic E-state index is 12.9. The standard InChI is InChI=1S/C20H18ClN3O3S/c1-24(18-9-7-17(21)8-10-18)28(26,27)19-6-2-5-16(12-19)20(25)23-14-15-4-3-11-22-13-15/h2-13H,14H2,1H3,(H,23,25). The van der Waals surface area contributed by atoms with Crippen molar-refractivity contribution in [1.29, 1.82) is 0 Å². The van der Waals surface area contributed by atoms with Crippen molar-refractivity contribution in [3.05, 3.63) is 89.2 Å². The summed E-state index contributed by atoms with van der Waals surface area (Å²) in [5.41, 5.74) is 1.58. The molecule has 1 aromatic heterocycles. The number of anilines is 1. The summed E-state index contributed by atoms with van der Waals surface area (Å²) in [6.45, 7) is 0.300. The summed E-state index contributed by atoms with van der Waals surface area (Å²) in [5, 5.41) is 3.27. The molecule has 0 spiro atoms. The summed E-state index contributed by atoms with van der Waals surface area (Å²) in [6, 6.07) is 16.0. The van der Waals surface area contributed by atoms with Crippen molar-refractivity contribution in [2.24, 2.45) is 0 Å². The van der Waals surface area contributed by atoms with E-state index in [1.807, 2.05) is 6.07 Å². The first-order valence-corrected chi connectivity index (χ1v) is 10.2. The Bertz CT molecular complexity index is 1070. The van der Waals surface area contributed by atoms with E-state index in [9.17, 15) is 13.2 Å². The zero-order valence-corrected chi connectivity index (χ0v) is 16.6. The number of carbonyl (C=O) groups excluding carboxylic acids is 1. The Kier molecular flexibility index (Phi) is 5.96. The summed E-state index contributed by atoms with van der Waals surface area (Å²) in [7, 11) is -2.38. The highest BCUT2D eigenvalue weighted by Crippen LogP contribution is 2.24. The summed E-state index contributed by atoms with van der Waals surface area (Å²) in [4.78, 5) is 16.4. The lowest BCUT2D eigenvalue weighted by Gasteiger charge is -2.20. The van der Waals surface area contributed by atoms with Gasteiger partial charge in [-0.05, 0) is 54.1 Å². The molecule has 144 valence electrons. The largest absolute Gasteiger partial charge is 0.348 e. The van der Waals surface area contributed by atoms with E-state index in [2.05, 4.69) is 10.3 Å². The molecule has 0 atom stereocenters. The van der Waals surface area contributed by atoms with Crippen molar-refractivity contribution in [3.8, 4) is 0 Å². The maximum atomic E-state index is 12.9. The van der Waals surface area contributed by atoms with Crippen LogP contribution in [0.5, 0.6) is 0 Å². The monoisotopic (exact) mass is 415 g/mol. The number of hydrogen-bond acceptors (Lipinski definition) is 4. The number of carbonyl (C=O) groups is 1. The molecule has 0 radical (unpaired) electrons. The van der Waals surface area contributed by atoms with Crippen LogP contribution in [0.4, 0.5) is 5.69 Å². The Morgan fingerprint density at radius 1 is 1.11 bits per heavy atom. The van der Waals surface area contributed by atoms with Crippen LogP contribution in [0.2, 0.25) is 5.02 Å². The van der Waals surface area contributed by atoms with Gasteiger partial charge in [-0.1, -0.05) is 23.7 Å². The van der Waals surface area contributed by atoms with Crippen molar-refractivity contribution < 1.29 is 13.2 Å². The SMILES string of the molecule is CN(c1ccc(Cl)cc1)S(=O)(=O)c1cccc(C(=O)NCc2cccnc2)c1. The number of sulfonamides is 1. The van der Waals surface area contributed by atoms with Gasteiger partial charge >= 0.3 is 0 Å². The highest BCUT2D eigenvalue weighted by molar-refractivity contribution is 7.92. The second-order valence-corrected chi connectivity index (χ2v) is 8.43. The number of benzene rings is 2. The molecule has 0 aliphatic carbocycles. The number of pyridine rings is 1. The van der Waals surface area contributed by atoms with Gasteiger partial charge in [-0.25, -0.2) is 8.42 Å². The van der Waals surface area contributed by atoms with Crippen LogP contribution in [0.3, 0.4) is 0 Å². The third-order valence-corrected chi connectivity index (χ3v) is 6.15. The molecular weight excluding hydrogens is 398 g/mol. The number of rotatable bonds is 6. The number of hydrogen-bond donors (Lipinski definition) is 1. The van der Waals surface area contributed by atoms with Gasteiger partial charge in [-0.3, -0.25) is 14.1 Å². The van der Waals surface area contributed by atoms with Crippen molar-refractivity contribution >= 4 is 33.2 Å². The molecule has 6 nitrogen and oxygen atoms in total. The third kappa shape index (κ3) is 4.49. The zero-order valence-electron chi connectivity index (χ0n) is 15.0. The van der Waals surface area contributed by atoms with Crippen LogP contribution >= 0.6 is 11.6 Å². The van der Waals surface area contributed by atoms with Crippen LogP contribution in [0.25, 0.3) is 0 Å². The third-order valence-electron chi connectivity index (χ3n) is 4.12. The van der Waals surface area contributed by atoms with Gasteiger partial charge < -0.3 is 5.32 Å². The fourth-order valence-electron chi connectivity index (χ4n) is 2.53. The summed E-state index contributed by atoms with van der Waals surface area (Å²) in [5.74, 6) is -0.366. The normalized spacial score (nSPS) is 11.1. The van der Waals surface area contributed by atoms with Gasteiger partial charge in [0, 0.05) is 36.6 Å². The average molecular weight is 416 g/mol. The minimum atomic E-state index is -3.83. The van der Waals surface area contributed by atoms with Crippen molar-refractivity contribution in [3.63, 3.8) is 0 Å². The molecule has 3 aromatic rings. The molecule has 0 aliphatic rings. The van der Waals surface area contributed by atoms with Crippen LogP contribution in [0.15, 0.2) is 78.0 Å². The minimum Gasteiger partial charge on any atom is -0.348 e. The zero-order chi connectivity index (χ0) is 20.1. The maximum Gasteiger partial charge on any atom is 0.264 e. The van der Waals surface area contributed by atoms with Gasteiger partial charge in [0.1, 0.15) is 0 Å². The Labute approximate surface area is 168 Å². The molecule has 0 fully saturated rings. The highest BCUT2D eigenvalue weighted by atomic mass is 35.5. The average Bonchev–Trinajstić information content (AvgIpc) is 2.73.